The Morgan fingerprint density at radius 1 is 1.46 bits per heavy atom. The van der Waals surface area contributed by atoms with Crippen LogP contribution in [0.25, 0.3) is 0 Å². The van der Waals surface area contributed by atoms with Crippen molar-refractivity contribution in [2.45, 2.75) is 12.7 Å². The molecule has 7 nitrogen and oxygen atoms in total. The van der Waals surface area contributed by atoms with E-state index in [0.717, 1.165) is 0 Å². The van der Waals surface area contributed by atoms with Crippen LogP contribution in [0.15, 0.2) is 23.2 Å². The van der Waals surface area contributed by atoms with Crippen LogP contribution in [0.2, 0.25) is 5.02 Å². The second-order valence-electron chi connectivity index (χ2n) is 4.28. The lowest BCUT2D eigenvalue weighted by molar-refractivity contribution is -0.144. The predicted octanol–water partition coefficient (Wildman–Crippen LogP) is 3.03. The van der Waals surface area contributed by atoms with Gasteiger partial charge in [-0.3, -0.25) is 5.10 Å². The minimum atomic E-state index is -4.61. The topological polar surface area (TPSA) is 101 Å². The Morgan fingerprint density at radius 2 is 2.17 bits per heavy atom. The molecule has 0 spiro atoms. The third-order valence-corrected chi connectivity index (χ3v) is 2.90. The summed E-state index contributed by atoms with van der Waals surface area (Å²) in [6.45, 7) is -0.189. The third kappa shape index (κ3) is 5.40. The monoisotopic (exact) mass is 476 g/mol. The molecule has 2 aromatic rings. The number of guanidine groups is 1. The van der Waals surface area contributed by atoms with E-state index in [-0.39, 0.29) is 42.3 Å². The molecule has 0 aliphatic heterocycles. The molecule has 0 aliphatic carbocycles. The van der Waals surface area contributed by atoms with Gasteiger partial charge in [-0.05, 0) is 18.2 Å². The first-order valence-corrected chi connectivity index (χ1v) is 6.56. The van der Waals surface area contributed by atoms with E-state index in [4.69, 9.17) is 22.1 Å². The van der Waals surface area contributed by atoms with E-state index in [1.807, 2.05) is 0 Å². The standard InChI is InChI=1S/C12H12ClF3N6O.HI/c1-23-8-3-2-6(4-7(8)13)19-11(17)18-5-9-20-10(22-21-9)12(14,15)16;/h2-4H,5H2,1H3,(H3,17,18,19)(H,20,21,22);1H. The van der Waals surface area contributed by atoms with Crippen LogP contribution < -0.4 is 15.8 Å². The van der Waals surface area contributed by atoms with Crippen molar-refractivity contribution in [3.8, 4) is 5.75 Å². The normalized spacial score (nSPS) is 11.8. The molecule has 132 valence electrons. The van der Waals surface area contributed by atoms with E-state index >= 15 is 0 Å². The molecule has 1 heterocycles. The number of benzene rings is 1. The molecule has 1 aromatic carbocycles. The molecule has 24 heavy (non-hydrogen) atoms. The number of ether oxygens (including phenoxy) is 1. The maximum Gasteiger partial charge on any atom is 0.453 e. The van der Waals surface area contributed by atoms with E-state index in [1.165, 1.54) is 7.11 Å². The van der Waals surface area contributed by atoms with Crippen LogP contribution in [-0.4, -0.2) is 28.3 Å². The first-order chi connectivity index (χ1) is 10.8. The number of rotatable bonds is 4. The molecule has 1 aromatic heterocycles. The summed E-state index contributed by atoms with van der Waals surface area (Å²) < 4.78 is 42.0. The van der Waals surface area contributed by atoms with Crippen LogP contribution >= 0.6 is 35.6 Å². The van der Waals surface area contributed by atoms with Crippen LogP contribution in [0.5, 0.6) is 5.75 Å². The zero-order valence-electron chi connectivity index (χ0n) is 12.2. The molecule has 0 unspecified atom stereocenters. The third-order valence-electron chi connectivity index (χ3n) is 2.61. The highest BCUT2D eigenvalue weighted by Gasteiger charge is 2.35. The van der Waals surface area contributed by atoms with Gasteiger partial charge in [0.15, 0.2) is 5.96 Å². The van der Waals surface area contributed by atoms with Crippen molar-refractivity contribution in [1.29, 1.82) is 0 Å². The van der Waals surface area contributed by atoms with E-state index in [9.17, 15) is 13.2 Å². The van der Waals surface area contributed by atoms with Crippen molar-refractivity contribution < 1.29 is 17.9 Å². The Balaban J connectivity index is 0.00000288. The highest BCUT2D eigenvalue weighted by molar-refractivity contribution is 14.0. The molecule has 4 N–H and O–H groups in total. The van der Waals surface area contributed by atoms with Gasteiger partial charge >= 0.3 is 6.18 Å². The number of halogens is 5. The first-order valence-electron chi connectivity index (χ1n) is 6.18. The van der Waals surface area contributed by atoms with Gasteiger partial charge in [0, 0.05) is 5.69 Å². The number of aliphatic imine (C=N–C) groups is 1. The summed E-state index contributed by atoms with van der Waals surface area (Å²) in [5.41, 5.74) is 6.19. The summed E-state index contributed by atoms with van der Waals surface area (Å²) >= 11 is 5.96. The van der Waals surface area contributed by atoms with Crippen LogP contribution in [0.1, 0.15) is 11.6 Å². The van der Waals surface area contributed by atoms with Gasteiger partial charge in [0.25, 0.3) is 5.82 Å². The van der Waals surface area contributed by atoms with Gasteiger partial charge in [0.1, 0.15) is 18.1 Å². The number of alkyl halides is 3. The molecule has 0 saturated carbocycles. The summed E-state index contributed by atoms with van der Waals surface area (Å²) in [6, 6.07) is 4.85. The number of aromatic nitrogens is 3. The van der Waals surface area contributed by atoms with Gasteiger partial charge in [-0.1, -0.05) is 11.6 Å². The number of nitrogens with zero attached hydrogens (tertiary/aromatic N) is 3. The average Bonchev–Trinajstić information content (AvgIpc) is 2.94. The van der Waals surface area contributed by atoms with Gasteiger partial charge in [-0.2, -0.15) is 13.2 Å². The fraction of sp³-hybridized carbons (Fsp3) is 0.250. The Morgan fingerprint density at radius 3 is 2.71 bits per heavy atom. The molecule has 0 atom stereocenters. The predicted molar refractivity (Wildman–Crippen MR) is 93.8 cm³/mol. The molecule has 0 saturated heterocycles. The summed E-state index contributed by atoms with van der Waals surface area (Å²) in [5, 5.41) is 8.32. The zero-order valence-corrected chi connectivity index (χ0v) is 15.3. The van der Waals surface area contributed by atoms with Crippen molar-refractivity contribution in [2.75, 3.05) is 12.4 Å². The SMILES string of the molecule is COc1ccc(NC(N)=NCc2nc(C(F)(F)F)n[nH]2)cc1Cl.I. The minimum absolute atomic E-state index is 0. The highest BCUT2D eigenvalue weighted by atomic mass is 127. The van der Waals surface area contributed by atoms with Crippen LogP contribution in [0, 0.1) is 0 Å². The smallest absolute Gasteiger partial charge is 0.453 e. The number of anilines is 1. The molecule has 0 radical (unpaired) electrons. The fourth-order valence-electron chi connectivity index (χ4n) is 1.58. The van der Waals surface area contributed by atoms with Crippen molar-refractivity contribution >= 4 is 47.2 Å². The number of methoxy groups -OCH3 is 1. The Labute approximate surface area is 156 Å². The van der Waals surface area contributed by atoms with Crippen LogP contribution in [0.3, 0.4) is 0 Å². The summed E-state index contributed by atoms with van der Waals surface area (Å²) in [4.78, 5) is 7.14. The Kier molecular flexibility index (Phi) is 7.08. The molecular formula is C12H13ClF3IN6O. The van der Waals surface area contributed by atoms with Crippen molar-refractivity contribution in [2.24, 2.45) is 10.7 Å². The van der Waals surface area contributed by atoms with Crippen LogP contribution in [0.4, 0.5) is 18.9 Å². The van der Waals surface area contributed by atoms with E-state index in [0.29, 0.717) is 16.5 Å². The number of nitrogens with one attached hydrogen (secondary N) is 2. The maximum absolute atomic E-state index is 12.3. The number of hydrogen-bond acceptors (Lipinski definition) is 4. The summed E-state index contributed by atoms with van der Waals surface area (Å²) in [5.74, 6) is -0.837. The minimum Gasteiger partial charge on any atom is -0.495 e. The lowest BCUT2D eigenvalue weighted by Gasteiger charge is -2.08. The highest BCUT2D eigenvalue weighted by Crippen LogP contribution is 2.27. The lowest BCUT2D eigenvalue weighted by atomic mass is 10.3. The largest absolute Gasteiger partial charge is 0.495 e. The molecule has 0 aliphatic rings. The molecule has 12 heteroatoms. The number of H-pyrrole nitrogens is 1. The van der Waals surface area contributed by atoms with Gasteiger partial charge in [-0.15, -0.1) is 29.1 Å². The summed E-state index contributed by atoms with van der Waals surface area (Å²) in [6.07, 6.45) is -4.61. The van der Waals surface area contributed by atoms with Gasteiger partial charge in [0.2, 0.25) is 0 Å². The number of aromatic amines is 1. The fourth-order valence-corrected chi connectivity index (χ4v) is 1.84. The molecule has 0 fully saturated rings. The van der Waals surface area contributed by atoms with E-state index in [1.54, 1.807) is 18.2 Å². The summed E-state index contributed by atoms with van der Waals surface area (Å²) in [7, 11) is 1.48. The van der Waals surface area contributed by atoms with Gasteiger partial charge < -0.3 is 15.8 Å². The van der Waals surface area contributed by atoms with E-state index in [2.05, 4.69) is 25.5 Å². The number of nitrogens with two attached hydrogens (primary N) is 1. The second-order valence-corrected chi connectivity index (χ2v) is 4.69. The van der Waals surface area contributed by atoms with Gasteiger partial charge in [-0.25, -0.2) is 9.98 Å². The van der Waals surface area contributed by atoms with Crippen molar-refractivity contribution in [3.63, 3.8) is 0 Å². The lowest BCUT2D eigenvalue weighted by Crippen LogP contribution is -2.22. The number of hydrogen-bond donors (Lipinski definition) is 3. The molecule has 0 bridgehead atoms. The molecule has 0 amide bonds. The second kappa shape index (κ2) is 8.37. The quantitative estimate of drug-likeness (QED) is 0.358. The first kappa shape index (κ1) is 20.3. The molecular weight excluding hydrogens is 464 g/mol. The Bertz CT molecular complexity index is 721. The van der Waals surface area contributed by atoms with Crippen molar-refractivity contribution in [1.82, 2.24) is 15.2 Å². The molecule has 2 rings (SSSR count). The zero-order chi connectivity index (χ0) is 17.0. The van der Waals surface area contributed by atoms with Crippen molar-refractivity contribution in [3.05, 3.63) is 34.9 Å². The van der Waals surface area contributed by atoms with Gasteiger partial charge in [0.05, 0.1) is 12.1 Å². The van der Waals surface area contributed by atoms with Crippen LogP contribution in [-0.2, 0) is 12.7 Å². The maximum atomic E-state index is 12.3. The average molecular weight is 477 g/mol. The van der Waals surface area contributed by atoms with E-state index < -0.39 is 12.0 Å². The Hall–Kier alpha value is -1.76.